The Labute approximate surface area is 166 Å². The van der Waals surface area contributed by atoms with E-state index < -0.39 is 5.54 Å². The predicted octanol–water partition coefficient (Wildman–Crippen LogP) is 4.51. The first-order valence-electron chi connectivity index (χ1n) is 9.14. The second-order valence-electron chi connectivity index (χ2n) is 7.16. The molecule has 5 heteroatoms. The van der Waals surface area contributed by atoms with E-state index in [2.05, 4.69) is 29.2 Å². The molecule has 0 aromatic heterocycles. The quantitative estimate of drug-likeness (QED) is 0.361. The number of para-hydroxylation sites is 1. The molecule has 0 bridgehead atoms. The lowest BCUT2D eigenvalue weighted by atomic mass is 9.75. The zero-order valence-electron chi connectivity index (χ0n) is 16.7. The monoisotopic (exact) mass is 375 g/mol. The Bertz CT molecular complexity index is 915. The van der Waals surface area contributed by atoms with E-state index >= 15 is 0 Å². The van der Waals surface area contributed by atoms with Crippen LogP contribution in [-0.2, 0) is 5.54 Å². The molecule has 0 fully saturated rings. The first-order chi connectivity index (χ1) is 13.4. The first-order valence-corrected chi connectivity index (χ1v) is 9.14. The molecule has 28 heavy (non-hydrogen) atoms. The molecule has 0 amide bonds. The minimum absolute atomic E-state index is 0.0978. The van der Waals surface area contributed by atoms with Crippen LogP contribution in [0.4, 0.5) is 11.4 Å². The average molecular weight is 375 g/mol. The van der Waals surface area contributed by atoms with Crippen molar-refractivity contribution in [2.75, 3.05) is 33.1 Å². The molecule has 3 aromatic carbocycles. The van der Waals surface area contributed by atoms with E-state index in [4.69, 9.17) is 0 Å². The van der Waals surface area contributed by atoms with Gasteiger partial charge in [0.25, 0.3) is 5.69 Å². The van der Waals surface area contributed by atoms with Crippen LogP contribution in [0.15, 0.2) is 78.9 Å². The molecule has 0 aliphatic heterocycles. The highest BCUT2D eigenvalue weighted by atomic mass is 16.6. The fourth-order valence-electron chi connectivity index (χ4n) is 4.03. The van der Waals surface area contributed by atoms with Gasteiger partial charge in [0.15, 0.2) is 0 Å². The van der Waals surface area contributed by atoms with Gasteiger partial charge in [-0.2, -0.15) is 0 Å². The van der Waals surface area contributed by atoms with Crippen molar-refractivity contribution in [3.05, 3.63) is 106 Å². The van der Waals surface area contributed by atoms with E-state index in [0.717, 1.165) is 16.7 Å². The number of nitro groups is 1. The van der Waals surface area contributed by atoms with Gasteiger partial charge in [-0.15, -0.1) is 0 Å². The van der Waals surface area contributed by atoms with Crippen LogP contribution in [0.1, 0.15) is 16.7 Å². The highest BCUT2D eigenvalue weighted by Gasteiger charge is 2.42. The van der Waals surface area contributed by atoms with Gasteiger partial charge in [0, 0.05) is 25.7 Å². The number of rotatable bonds is 6. The number of anilines is 1. The van der Waals surface area contributed by atoms with Gasteiger partial charge in [0.05, 0.1) is 10.5 Å². The van der Waals surface area contributed by atoms with Crippen molar-refractivity contribution in [3.63, 3.8) is 0 Å². The van der Waals surface area contributed by atoms with Crippen molar-refractivity contribution < 1.29 is 4.92 Å². The molecule has 3 rings (SSSR count). The summed E-state index contributed by atoms with van der Waals surface area (Å²) in [6.07, 6.45) is 0. The topological polar surface area (TPSA) is 49.6 Å². The van der Waals surface area contributed by atoms with Gasteiger partial charge in [-0.3, -0.25) is 15.0 Å². The molecule has 0 aliphatic rings. The lowest BCUT2D eigenvalue weighted by Crippen LogP contribution is -2.44. The zero-order valence-corrected chi connectivity index (χ0v) is 16.7. The number of benzene rings is 3. The Morgan fingerprint density at radius 2 is 1.25 bits per heavy atom. The van der Waals surface area contributed by atoms with Crippen LogP contribution in [0.5, 0.6) is 0 Å². The van der Waals surface area contributed by atoms with E-state index in [0.29, 0.717) is 5.69 Å². The smallest absolute Gasteiger partial charge is 0.292 e. The molecule has 0 radical (unpaired) electrons. The molecular formula is C23H25N3O2. The molecule has 0 saturated carbocycles. The molecule has 5 nitrogen and oxygen atoms in total. The third-order valence-corrected chi connectivity index (χ3v) is 5.10. The SMILES string of the molecule is CN(C)c1c([N+](=O)[O-])cccc1C(c1ccccc1)(c1ccccc1)N(C)C. The molecular weight excluding hydrogens is 350 g/mol. The average Bonchev–Trinajstić information content (AvgIpc) is 2.69. The maximum Gasteiger partial charge on any atom is 0.292 e. The molecule has 3 aromatic rings. The van der Waals surface area contributed by atoms with Crippen LogP contribution in [-0.4, -0.2) is 38.0 Å². The molecule has 0 spiro atoms. The summed E-state index contributed by atoms with van der Waals surface area (Å²) >= 11 is 0. The van der Waals surface area contributed by atoms with Gasteiger partial charge in [0.1, 0.15) is 5.69 Å². The van der Waals surface area contributed by atoms with Crippen LogP contribution >= 0.6 is 0 Å². The number of hydrogen-bond acceptors (Lipinski definition) is 4. The fourth-order valence-corrected chi connectivity index (χ4v) is 4.03. The second-order valence-corrected chi connectivity index (χ2v) is 7.16. The Morgan fingerprint density at radius 3 is 1.64 bits per heavy atom. The standard InChI is InChI=1S/C23H25N3O2/c1-24(2)22-20(16-11-17-21(22)26(27)28)23(25(3)4,18-12-7-5-8-13-18)19-14-9-6-10-15-19/h5-17H,1-4H3. The molecule has 0 saturated heterocycles. The fraction of sp³-hybridized carbons (Fsp3) is 0.217. The minimum Gasteiger partial charge on any atom is -0.372 e. The zero-order chi connectivity index (χ0) is 20.3. The van der Waals surface area contributed by atoms with Crippen molar-refractivity contribution >= 4 is 11.4 Å². The second kappa shape index (κ2) is 7.82. The third kappa shape index (κ3) is 3.14. The van der Waals surface area contributed by atoms with Crippen LogP contribution < -0.4 is 4.90 Å². The van der Waals surface area contributed by atoms with Crippen molar-refractivity contribution in [2.45, 2.75) is 5.54 Å². The molecule has 144 valence electrons. The Kier molecular flexibility index (Phi) is 5.47. The van der Waals surface area contributed by atoms with Crippen LogP contribution in [0.2, 0.25) is 0 Å². The lowest BCUT2D eigenvalue weighted by molar-refractivity contribution is -0.384. The number of hydrogen-bond donors (Lipinski definition) is 0. The minimum atomic E-state index is -0.686. The summed E-state index contributed by atoms with van der Waals surface area (Å²) in [7, 11) is 7.72. The maximum absolute atomic E-state index is 11.8. The third-order valence-electron chi connectivity index (χ3n) is 5.10. The predicted molar refractivity (Wildman–Crippen MR) is 114 cm³/mol. The molecule has 0 atom stereocenters. The van der Waals surface area contributed by atoms with Gasteiger partial charge >= 0.3 is 0 Å². The van der Waals surface area contributed by atoms with Gasteiger partial charge < -0.3 is 4.90 Å². The van der Waals surface area contributed by atoms with Gasteiger partial charge in [-0.05, 0) is 25.2 Å². The highest BCUT2D eigenvalue weighted by molar-refractivity contribution is 5.72. The Balaban J connectivity index is 2.49. The van der Waals surface area contributed by atoms with Crippen molar-refractivity contribution in [1.29, 1.82) is 0 Å². The summed E-state index contributed by atoms with van der Waals surface area (Å²) in [5, 5.41) is 11.8. The Hall–Kier alpha value is -3.18. The Morgan fingerprint density at radius 1 is 0.750 bits per heavy atom. The molecule has 0 N–H and O–H groups in total. The summed E-state index contributed by atoms with van der Waals surface area (Å²) in [5.41, 5.74) is 2.99. The normalized spacial score (nSPS) is 11.5. The highest BCUT2D eigenvalue weighted by Crippen LogP contribution is 2.47. The molecule has 0 unspecified atom stereocenters. The summed E-state index contributed by atoms with van der Waals surface area (Å²) in [6, 6.07) is 25.6. The summed E-state index contributed by atoms with van der Waals surface area (Å²) in [6.45, 7) is 0. The summed E-state index contributed by atoms with van der Waals surface area (Å²) in [5.74, 6) is 0. The lowest BCUT2D eigenvalue weighted by Gasteiger charge is -2.43. The largest absolute Gasteiger partial charge is 0.372 e. The van der Waals surface area contributed by atoms with Crippen LogP contribution in [0, 0.1) is 10.1 Å². The van der Waals surface area contributed by atoms with Crippen LogP contribution in [0.25, 0.3) is 0 Å². The number of nitro benzene ring substituents is 1. The van der Waals surface area contributed by atoms with Gasteiger partial charge in [0.2, 0.25) is 0 Å². The first kappa shape index (κ1) is 19.6. The van der Waals surface area contributed by atoms with E-state index in [9.17, 15) is 10.1 Å². The van der Waals surface area contributed by atoms with E-state index in [1.54, 1.807) is 12.1 Å². The van der Waals surface area contributed by atoms with E-state index in [1.165, 1.54) is 0 Å². The van der Waals surface area contributed by atoms with E-state index in [-0.39, 0.29) is 10.6 Å². The van der Waals surface area contributed by atoms with Crippen LogP contribution in [0.3, 0.4) is 0 Å². The molecule has 0 aliphatic carbocycles. The summed E-state index contributed by atoms with van der Waals surface area (Å²) < 4.78 is 0. The molecule has 0 heterocycles. The number of nitrogens with zero attached hydrogens (tertiary/aromatic N) is 3. The van der Waals surface area contributed by atoms with E-state index in [1.807, 2.05) is 75.6 Å². The van der Waals surface area contributed by atoms with Crippen molar-refractivity contribution in [1.82, 2.24) is 4.90 Å². The van der Waals surface area contributed by atoms with Gasteiger partial charge in [-0.25, -0.2) is 0 Å². The van der Waals surface area contributed by atoms with Crippen molar-refractivity contribution in [2.24, 2.45) is 0 Å². The van der Waals surface area contributed by atoms with Crippen molar-refractivity contribution in [3.8, 4) is 0 Å². The maximum atomic E-state index is 11.8. The van der Waals surface area contributed by atoms with Gasteiger partial charge in [-0.1, -0.05) is 72.8 Å². The summed E-state index contributed by atoms with van der Waals surface area (Å²) in [4.78, 5) is 15.5.